The summed E-state index contributed by atoms with van der Waals surface area (Å²) in [5, 5.41) is 0.256. The average Bonchev–Trinajstić information content (AvgIpc) is 2.27. The van der Waals surface area contributed by atoms with Gasteiger partial charge in [-0.25, -0.2) is 0 Å². The minimum absolute atomic E-state index is 0.180. The Morgan fingerprint density at radius 3 is 2.47 bits per heavy atom. The first-order valence-corrected chi connectivity index (χ1v) is 10.5. The van der Waals surface area contributed by atoms with Crippen molar-refractivity contribution in [2.24, 2.45) is 0 Å². The lowest BCUT2D eigenvalue weighted by atomic mass is 10.0. The molecule has 0 spiro atoms. The van der Waals surface area contributed by atoms with Crippen LogP contribution in [0, 0.1) is 0 Å². The zero-order valence-electron chi connectivity index (χ0n) is 14.0. The minimum atomic E-state index is -1.70. The summed E-state index contributed by atoms with van der Waals surface area (Å²) in [6, 6.07) is 0. The fraction of sp³-hybridized carbons (Fsp3) is 0.875. The monoisotopic (exact) mass is 284 g/mol. The fourth-order valence-electron chi connectivity index (χ4n) is 2.25. The molecule has 0 aromatic heterocycles. The van der Waals surface area contributed by atoms with E-state index in [4.69, 9.17) is 9.16 Å². The van der Waals surface area contributed by atoms with E-state index in [0.717, 1.165) is 12.8 Å². The van der Waals surface area contributed by atoms with E-state index in [9.17, 15) is 0 Å². The van der Waals surface area contributed by atoms with Crippen LogP contribution >= 0.6 is 0 Å². The zero-order chi connectivity index (χ0) is 14.8. The Kier molecular flexibility index (Phi) is 5.44. The zero-order valence-corrected chi connectivity index (χ0v) is 15.0. The van der Waals surface area contributed by atoms with Crippen LogP contribution in [-0.4, -0.2) is 26.6 Å². The first-order chi connectivity index (χ1) is 8.58. The van der Waals surface area contributed by atoms with Crippen molar-refractivity contribution < 1.29 is 9.16 Å². The van der Waals surface area contributed by atoms with Crippen LogP contribution in [0.25, 0.3) is 0 Å². The Bertz CT molecular complexity index is 328. The van der Waals surface area contributed by atoms with Gasteiger partial charge in [-0.3, -0.25) is 0 Å². The molecule has 0 amide bonds. The second-order valence-corrected chi connectivity index (χ2v) is 12.1. The third-order valence-corrected chi connectivity index (χ3v) is 9.27. The molecule has 19 heavy (non-hydrogen) atoms. The van der Waals surface area contributed by atoms with E-state index in [1.54, 1.807) is 0 Å². The second kappa shape index (κ2) is 6.11. The standard InChI is InChI=1S/C16H32O2Si/c1-9-14-12(2)10-11-15(17-14)13(3)18-19(7,8)16(4,5)6/h10,13-15H,9,11H2,1-8H3/t13-,14+,15+/m0/s1. The van der Waals surface area contributed by atoms with E-state index in [-0.39, 0.29) is 23.4 Å². The normalized spacial score (nSPS) is 27.1. The van der Waals surface area contributed by atoms with Gasteiger partial charge in [0.1, 0.15) is 0 Å². The smallest absolute Gasteiger partial charge is 0.192 e. The SMILES string of the molecule is CC[C@H]1O[C@@H]([C@H](C)O[Si](C)(C)C(C)(C)C)CC=C1C. The molecule has 0 aromatic rings. The predicted molar refractivity (Wildman–Crippen MR) is 85.1 cm³/mol. The highest BCUT2D eigenvalue weighted by Gasteiger charge is 2.40. The summed E-state index contributed by atoms with van der Waals surface area (Å²) in [6.07, 6.45) is 5.03. The van der Waals surface area contributed by atoms with Gasteiger partial charge >= 0.3 is 0 Å². The molecule has 3 atom stereocenters. The number of rotatable bonds is 4. The largest absolute Gasteiger partial charge is 0.412 e. The van der Waals surface area contributed by atoms with Crippen LogP contribution in [0.1, 0.15) is 54.4 Å². The molecule has 1 aliphatic heterocycles. The lowest BCUT2D eigenvalue weighted by molar-refractivity contribution is -0.0600. The van der Waals surface area contributed by atoms with E-state index in [2.05, 4.69) is 60.7 Å². The van der Waals surface area contributed by atoms with Crippen molar-refractivity contribution in [2.75, 3.05) is 0 Å². The average molecular weight is 285 g/mol. The molecular formula is C16H32O2Si. The van der Waals surface area contributed by atoms with E-state index in [0.29, 0.717) is 0 Å². The van der Waals surface area contributed by atoms with Crippen LogP contribution in [0.15, 0.2) is 11.6 Å². The highest BCUT2D eigenvalue weighted by atomic mass is 28.4. The molecule has 0 bridgehead atoms. The molecule has 0 fully saturated rings. The van der Waals surface area contributed by atoms with Gasteiger partial charge in [-0.05, 0) is 50.4 Å². The van der Waals surface area contributed by atoms with Crippen molar-refractivity contribution in [3.05, 3.63) is 11.6 Å². The molecule has 2 nitrogen and oxygen atoms in total. The van der Waals surface area contributed by atoms with Gasteiger partial charge < -0.3 is 9.16 Å². The molecule has 0 aliphatic carbocycles. The topological polar surface area (TPSA) is 18.5 Å². The van der Waals surface area contributed by atoms with Crippen molar-refractivity contribution in [1.82, 2.24) is 0 Å². The van der Waals surface area contributed by atoms with Crippen molar-refractivity contribution in [1.29, 1.82) is 0 Å². The highest BCUT2D eigenvalue weighted by Crippen LogP contribution is 2.38. The van der Waals surface area contributed by atoms with Gasteiger partial charge in [0.2, 0.25) is 0 Å². The molecule has 3 heteroatoms. The first kappa shape index (κ1) is 16.9. The van der Waals surface area contributed by atoms with Crippen LogP contribution in [-0.2, 0) is 9.16 Å². The molecule has 112 valence electrons. The van der Waals surface area contributed by atoms with Crippen LogP contribution in [0.5, 0.6) is 0 Å². The van der Waals surface area contributed by atoms with Crippen LogP contribution in [0.2, 0.25) is 18.1 Å². The second-order valence-electron chi connectivity index (χ2n) is 7.34. The predicted octanol–water partition coefficient (Wildman–Crippen LogP) is 4.91. The third-order valence-electron chi connectivity index (χ3n) is 4.70. The maximum Gasteiger partial charge on any atom is 0.192 e. The minimum Gasteiger partial charge on any atom is -0.412 e. The van der Waals surface area contributed by atoms with Crippen LogP contribution < -0.4 is 0 Å². The summed E-state index contributed by atoms with van der Waals surface area (Å²) in [5.41, 5.74) is 1.37. The van der Waals surface area contributed by atoms with Gasteiger partial charge in [-0.15, -0.1) is 0 Å². The highest BCUT2D eigenvalue weighted by molar-refractivity contribution is 6.74. The molecule has 1 rings (SSSR count). The molecule has 0 saturated heterocycles. The molecule has 0 saturated carbocycles. The molecule has 0 N–H and O–H groups in total. The Morgan fingerprint density at radius 2 is 2.00 bits per heavy atom. The molecule has 1 heterocycles. The maximum absolute atomic E-state index is 6.45. The summed E-state index contributed by atoms with van der Waals surface area (Å²) in [4.78, 5) is 0. The van der Waals surface area contributed by atoms with Crippen LogP contribution in [0.4, 0.5) is 0 Å². The number of hydrogen-bond donors (Lipinski definition) is 0. The Hall–Kier alpha value is -0.123. The van der Waals surface area contributed by atoms with Gasteiger partial charge in [0.05, 0.1) is 18.3 Å². The van der Waals surface area contributed by atoms with E-state index < -0.39 is 8.32 Å². The van der Waals surface area contributed by atoms with Crippen molar-refractivity contribution in [3.63, 3.8) is 0 Å². The van der Waals surface area contributed by atoms with Gasteiger partial charge in [0, 0.05) is 0 Å². The van der Waals surface area contributed by atoms with E-state index in [1.807, 2.05) is 0 Å². The quantitative estimate of drug-likeness (QED) is 0.539. The van der Waals surface area contributed by atoms with Crippen molar-refractivity contribution in [2.45, 2.75) is 90.8 Å². The number of hydrogen-bond acceptors (Lipinski definition) is 2. The van der Waals surface area contributed by atoms with Gasteiger partial charge in [-0.1, -0.05) is 33.8 Å². The summed E-state index contributed by atoms with van der Waals surface area (Å²) in [6.45, 7) is 18.0. The maximum atomic E-state index is 6.45. The summed E-state index contributed by atoms with van der Waals surface area (Å²) < 4.78 is 12.7. The first-order valence-electron chi connectivity index (χ1n) is 7.58. The van der Waals surface area contributed by atoms with Crippen LogP contribution in [0.3, 0.4) is 0 Å². The molecule has 0 unspecified atom stereocenters. The fourth-order valence-corrected chi connectivity index (χ4v) is 3.68. The van der Waals surface area contributed by atoms with Gasteiger partial charge in [0.15, 0.2) is 8.32 Å². The lowest BCUT2D eigenvalue weighted by Crippen LogP contribution is -2.47. The molecule has 1 aliphatic rings. The van der Waals surface area contributed by atoms with Crippen molar-refractivity contribution >= 4 is 8.32 Å². The Balaban J connectivity index is 2.68. The van der Waals surface area contributed by atoms with E-state index >= 15 is 0 Å². The summed E-state index contributed by atoms with van der Waals surface area (Å²) in [7, 11) is -1.70. The van der Waals surface area contributed by atoms with Crippen molar-refractivity contribution in [3.8, 4) is 0 Å². The van der Waals surface area contributed by atoms with Gasteiger partial charge in [-0.2, -0.15) is 0 Å². The Labute approximate surface area is 120 Å². The summed E-state index contributed by atoms with van der Waals surface area (Å²) in [5.74, 6) is 0. The Morgan fingerprint density at radius 1 is 1.42 bits per heavy atom. The molecule has 0 aromatic carbocycles. The lowest BCUT2D eigenvalue weighted by Gasteiger charge is -2.41. The molecular weight excluding hydrogens is 252 g/mol. The summed E-state index contributed by atoms with van der Waals surface area (Å²) >= 11 is 0. The third kappa shape index (κ3) is 4.17. The molecule has 0 radical (unpaired) electrons. The van der Waals surface area contributed by atoms with E-state index in [1.165, 1.54) is 5.57 Å². The number of ether oxygens (including phenoxy) is 1. The van der Waals surface area contributed by atoms with Gasteiger partial charge in [0.25, 0.3) is 0 Å².